The summed E-state index contributed by atoms with van der Waals surface area (Å²) in [4.78, 5) is 20.8. The summed E-state index contributed by atoms with van der Waals surface area (Å²) in [5.41, 5.74) is 0.0757. The number of aliphatic hydroxyl groups excluding tert-OH is 3. The molecule has 1 aromatic carbocycles. The van der Waals surface area contributed by atoms with E-state index >= 15 is 0 Å². The standard InChI is InChI=1S/C13H18N2O6/c1-8(17)14-5-4-12(18)13(19)9-2-3-11(15(20)21)10(6-9)7-16/h2-3,6,12-13,16,18-19H,4-5,7H2,1H3,(H,14,17). The molecule has 1 amide bonds. The number of benzene rings is 1. The van der Waals surface area contributed by atoms with E-state index in [2.05, 4.69) is 5.32 Å². The van der Waals surface area contributed by atoms with Crippen molar-refractivity contribution in [3.8, 4) is 0 Å². The van der Waals surface area contributed by atoms with E-state index in [1.807, 2.05) is 0 Å². The number of amides is 1. The quantitative estimate of drug-likeness (QED) is 0.414. The van der Waals surface area contributed by atoms with Crippen LogP contribution in [0.4, 0.5) is 5.69 Å². The zero-order valence-corrected chi connectivity index (χ0v) is 11.5. The Morgan fingerprint density at radius 2 is 2.10 bits per heavy atom. The van der Waals surface area contributed by atoms with Gasteiger partial charge in [0.05, 0.1) is 23.2 Å². The molecular weight excluding hydrogens is 280 g/mol. The molecule has 0 aromatic heterocycles. The smallest absolute Gasteiger partial charge is 0.274 e. The number of nitro groups is 1. The first kappa shape index (κ1) is 17.0. The van der Waals surface area contributed by atoms with Gasteiger partial charge in [0.1, 0.15) is 6.10 Å². The number of carbonyl (C=O) groups excluding carboxylic acids is 1. The monoisotopic (exact) mass is 298 g/mol. The molecule has 0 fully saturated rings. The van der Waals surface area contributed by atoms with Gasteiger partial charge < -0.3 is 20.6 Å². The van der Waals surface area contributed by atoms with Crippen LogP contribution in [0.25, 0.3) is 0 Å². The second-order valence-electron chi connectivity index (χ2n) is 4.59. The predicted octanol–water partition coefficient (Wildman–Crippen LogP) is 0.00760. The van der Waals surface area contributed by atoms with Crippen LogP contribution in [0.2, 0.25) is 0 Å². The summed E-state index contributed by atoms with van der Waals surface area (Å²) in [6, 6.07) is 3.78. The zero-order chi connectivity index (χ0) is 16.0. The number of hydrogen-bond acceptors (Lipinski definition) is 6. The molecule has 1 rings (SSSR count). The van der Waals surface area contributed by atoms with Gasteiger partial charge in [-0.05, 0) is 24.1 Å². The molecule has 21 heavy (non-hydrogen) atoms. The maximum atomic E-state index is 10.7. The number of nitro benzene ring substituents is 1. The van der Waals surface area contributed by atoms with Crippen molar-refractivity contribution in [1.29, 1.82) is 0 Å². The summed E-state index contributed by atoms with van der Waals surface area (Å²) in [6.07, 6.45) is -2.26. The van der Waals surface area contributed by atoms with Crippen LogP contribution in [-0.2, 0) is 11.4 Å². The molecule has 2 unspecified atom stereocenters. The van der Waals surface area contributed by atoms with E-state index < -0.39 is 23.7 Å². The lowest BCUT2D eigenvalue weighted by molar-refractivity contribution is -0.385. The van der Waals surface area contributed by atoms with Crippen LogP contribution in [0.15, 0.2) is 18.2 Å². The van der Waals surface area contributed by atoms with Gasteiger partial charge in [-0.25, -0.2) is 0 Å². The minimum atomic E-state index is -1.26. The van der Waals surface area contributed by atoms with Crippen molar-refractivity contribution in [3.05, 3.63) is 39.4 Å². The molecule has 116 valence electrons. The highest BCUT2D eigenvalue weighted by Crippen LogP contribution is 2.25. The normalized spacial score (nSPS) is 13.5. The van der Waals surface area contributed by atoms with Crippen LogP contribution in [0.1, 0.15) is 30.6 Å². The fraction of sp³-hybridized carbons (Fsp3) is 0.462. The number of nitrogens with zero attached hydrogens (tertiary/aromatic N) is 1. The Hall–Kier alpha value is -2.03. The fourth-order valence-corrected chi connectivity index (χ4v) is 1.87. The molecule has 0 bridgehead atoms. The Balaban J connectivity index is 2.79. The van der Waals surface area contributed by atoms with Gasteiger partial charge in [0.15, 0.2) is 0 Å². The zero-order valence-electron chi connectivity index (χ0n) is 11.5. The largest absolute Gasteiger partial charge is 0.391 e. The van der Waals surface area contributed by atoms with Crippen LogP contribution >= 0.6 is 0 Å². The number of aliphatic hydroxyl groups is 3. The van der Waals surface area contributed by atoms with Gasteiger partial charge in [0.25, 0.3) is 5.69 Å². The first-order valence-electron chi connectivity index (χ1n) is 6.35. The van der Waals surface area contributed by atoms with Crippen molar-refractivity contribution in [1.82, 2.24) is 5.32 Å². The van der Waals surface area contributed by atoms with Crippen molar-refractivity contribution >= 4 is 11.6 Å². The van der Waals surface area contributed by atoms with Gasteiger partial charge in [-0.2, -0.15) is 0 Å². The lowest BCUT2D eigenvalue weighted by Gasteiger charge is -2.18. The van der Waals surface area contributed by atoms with Crippen LogP contribution < -0.4 is 5.32 Å². The summed E-state index contributed by atoms with van der Waals surface area (Å²) in [7, 11) is 0. The molecule has 8 nitrogen and oxygen atoms in total. The molecule has 8 heteroatoms. The first-order chi connectivity index (χ1) is 9.86. The summed E-state index contributed by atoms with van der Waals surface area (Å²) < 4.78 is 0. The molecule has 0 aliphatic carbocycles. The molecule has 0 radical (unpaired) electrons. The maximum Gasteiger partial charge on any atom is 0.274 e. The third-order valence-electron chi connectivity index (χ3n) is 2.99. The Labute approximate surface area is 121 Å². The van der Waals surface area contributed by atoms with E-state index in [1.165, 1.54) is 25.1 Å². The highest BCUT2D eigenvalue weighted by atomic mass is 16.6. The minimum absolute atomic E-state index is 0.0608. The average Bonchev–Trinajstić information content (AvgIpc) is 2.45. The molecule has 0 heterocycles. The van der Waals surface area contributed by atoms with E-state index in [0.717, 1.165) is 0 Å². The molecule has 0 aliphatic rings. The molecule has 2 atom stereocenters. The average molecular weight is 298 g/mol. The number of rotatable bonds is 7. The van der Waals surface area contributed by atoms with Gasteiger partial charge in [0, 0.05) is 19.5 Å². The van der Waals surface area contributed by atoms with Crippen LogP contribution in [0.3, 0.4) is 0 Å². The third-order valence-corrected chi connectivity index (χ3v) is 2.99. The van der Waals surface area contributed by atoms with Crippen molar-refractivity contribution in [3.63, 3.8) is 0 Å². The van der Waals surface area contributed by atoms with E-state index in [9.17, 15) is 25.1 Å². The SMILES string of the molecule is CC(=O)NCCC(O)C(O)c1ccc([N+](=O)[O-])c(CO)c1. The summed E-state index contributed by atoms with van der Waals surface area (Å²) in [5.74, 6) is -0.241. The summed E-state index contributed by atoms with van der Waals surface area (Å²) in [6.45, 7) is 0.999. The molecule has 4 N–H and O–H groups in total. The Bertz CT molecular complexity index is 519. The van der Waals surface area contributed by atoms with Gasteiger partial charge in [0.2, 0.25) is 5.91 Å². The predicted molar refractivity (Wildman–Crippen MR) is 73.3 cm³/mol. The van der Waals surface area contributed by atoms with Crippen molar-refractivity contribution in [2.45, 2.75) is 32.2 Å². The molecule has 0 saturated heterocycles. The van der Waals surface area contributed by atoms with Crippen molar-refractivity contribution in [2.75, 3.05) is 6.54 Å². The molecule has 0 spiro atoms. The fourth-order valence-electron chi connectivity index (χ4n) is 1.87. The first-order valence-corrected chi connectivity index (χ1v) is 6.35. The Morgan fingerprint density at radius 3 is 2.62 bits per heavy atom. The number of nitrogens with one attached hydrogen (secondary N) is 1. The van der Waals surface area contributed by atoms with Crippen molar-refractivity contribution in [2.24, 2.45) is 0 Å². The number of hydrogen-bond donors (Lipinski definition) is 4. The molecule has 1 aromatic rings. The van der Waals surface area contributed by atoms with E-state index in [4.69, 9.17) is 5.11 Å². The van der Waals surface area contributed by atoms with Crippen molar-refractivity contribution < 1.29 is 25.0 Å². The lowest BCUT2D eigenvalue weighted by atomic mass is 9.99. The molecule has 0 aliphatic heterocycles. The van der Waals surface area contributed by atoms with Gasteiger partial charge in [-0.1, -0.05) is 0 Å². The third kappa shape index (κ3) is 4.78. The molecule has 0 saturated carbocycles. The maximum absolute atomic E-state index is 10.7. The van der Waals surface area contributed by atoms with Gasteiger partial charge in [-0.15, -0.1) is 0 Å². The molecular formula is C13H18N2O6. The van der Waals surface area contributed by atoms with Crippen LogP contribution in [0, 0.1) is 10.1 Å². The van der Waals surface area contributed by atoms with E-state index in [1.54, 1.807) is 0 Å². The lowest BCUT2D eigenvalue weighted by Crippen LogP contribution is -2.27. The van der Waals surface area contributed by atoms with Crippen LogP contribution in [-0.4, -0.2) is 38.8 Å². The van der Waals surface area contributed by atoms with E-state index in [0.29, 0.717) is 0 Å². The van der Waals surface area contributed by atoms with Crippen LogP contribution in [0.5, 0.6) is 0 Å². The highest BCUT2D eigenvalue weighted by Gasteiger charge is 2.21. The second kappa shape index (κ2) is 7.67. The minimum Gasteiger partial charge on any atom is -0.391 e. The number of carbonyl (C=O) groups is 1. The Kier molecular flexibility index (Phi) is 6.22. The van der Waals surface area contributed by atoms with E-state index in [-0.39, 0.29) is 35.7 Å². The topological polar surface area (TPSA) is 133 Å². The summed E-state index contributed by atoms with van der Waals surface area (Å²) in [5, 5.41) is 42.2. The van der Waals surface area contributed by atoms with Gasteiger partial charge >= 0.3 is 0 Å². The highest BCUT2D eigenvalue weighted by molar-refractivity contribution is 5.72. The summed E-state index contributed by atoms with van der Waals surface area (Å²) >= 11 is 0. The second-order valence-corrected chi connectivity index (χ2v) is 4.59. The Morgan fingerprint density at radius 1 is 1.43 bits per heavy atom. The van der Waals surface area contributed by atoms with Gasteiger partial charge in [-0.3, -0.25) is 14.9 Å².